The summed E-state index contributed by atoms with van der Waals surface area (Å²) in [5, 5.41) is 9.16. The first-order valence-corrected chi connectivity index (χ1v) is 5.83. The first-order chi connectivity index (χ1) is 7.70. The molecule has 80 valence electrons. The maximum atomic E-state index is 11.6. The average Bonchev–Trinajstić information content (AvgIpc) is 2.85. The molecule has 3 nitrogen and oxygen atoms in total. The van der Waals surface area contributed by atoms with E-state index < -0.39 is 5.41 Å². The molecule has 2 fully saturated rings. The Hall–Kier alpha value is -1.34. The molecular formula is C12H8BrNO2. The Kier molecular flexibility index (Phi) is 1.90. The number of halogens is 1. The fraction of sp³-hybridized carbons (Fsp3) is 0.333. The maximum Gasteiger partial charge on any atom is 0.327 e. The lowest BCUT2D eigenvalue weighted by molar-refractivity contribution is -0.143. The van der Waals surface area contributed by atoms with Crippen LogP contribution in [0.2, 0.25) is 0 Å². The van der Waals surface area contributed by atoms with Gasteiger partial charge in [-0.25, -0.2) is 0 Å². The molecule has 0 bridgehead atoms. The van der Waals surface area contributed by atoms with Crippen molar-refractivity contribution in [3.05, 3.63) is 34.3 Å². The van der Waals surface area contributed by atoms with Crippen LogP contribution < -0.4 is 0 Å². The lowest BCUT2D eigenvalue weighted by Gasteiger charge is -2.06. The van der Waals surface area contributed by atoms with E-state index >= 15 is 0 Å². The zero-order valence-corrected chi connectivity index (χ0v) is 9.90. The summed E-state index contributed by atoms with van der Waals surface area (Å²) in [7, 11) is 0. The number of hydrogen-bond acceptors (Lipinski definition) is 3. The van der Waals surface area contributed by atoms with E-state index in [1.54, 1.807) is 0 Å². The van der Waals surface area contributed by atoms with Gasteiger partial charge in [0, 0.05) is 16.3 Å². The van der Waals surface area contributed by atoms with Crippen LogP contribution in [-0.4, -0.2) is 12.6 Å². The van der Waals surface area contributed by atoms with Gasteiger partial charge in [0.2, 0.25) is 0 Å². The van der Waals surface area contributed by atoms with Gasteiger partial charge in [-0.15, -0.1) is 0 Å². The van der Waals surface area contributed by atoms with Gasteiger partial charge in [-0.05, 0) is 17.7 Å². The Bertz CT molecular complexity index is 505. The monoisotopic (exact) mass is 277 g/mol. The van der Waals surface area contributed by atoms with Crippen LogP contribution in [0.3, 0.4) is 0 Å². The molecule has 1 aliphatic carbocycles. The maximum absolute atomic E-state index is 11.6. The lowest BCUT2D eigenvalue weighted by atomic mass is 10.0. The van der Waals surface area contributed by atoms with Gasteiger partial charge < -0.3 is 4.74 Å². The van der Waals surface area contributed by atoms with Gasteiger partial charge >= 0.3 is 5.97 Å². The molecule has 3 atom stereocenters. The Morgan fingerprint density at radius 1 is 1.44 bits per heavy atom. The standard InChI is InChI=1S/C12H8BrNO2/c13-8-3-1-7(2-4-8)10-9-5-16-11(15)12(9,10)6-14/h1-4,9-10H,5H2/t9-,10-,12-/m0/s1. The predicted octanol–water partition coefficient (Wildman–Crippen LogP) is 2.23. The Morgan fingerprint density at radius 3 is 2.69 bits per heavy atom. The van der Waals surface area contributed by atoms with E-state index in [4.69, 9.17) is 10.00 Å². The van der Waals surface area contributed by atoms with E-state index in [0.29, 0.717) is 6.61 Å². The number of cyclic esters (lactones) is 1. The zero-order valence-electron chi connectivity index (χ0n) is 8.31. The number of esters is 1. The summed E-state index contributed by atoms with van der Waals surface area (Å²) < 4.78 is 5.91. The number of carbonyl (C=O) groups excluding carboxylic acids is 1. The second kappa shape index (κ2) is 3.08. The highest BCUT2D eigenvalue weighted by molar-refractivity contribution is 9.10. The molecule has 0 radical (unpaired) electrons. The first kappa shape index (κ1) is 9.86. The minimum absolute atomic E-state index is 0.0202. The minimum atomic E-state index is -0.895. The van der Waals surface area contributed by atoms with E-state index in [1.807, 2.05) is 24.3 Å². The number of hydrogen-bond donors (Lipinski definition) is 0. The van der Waals surface area contributed by atoms with Gasteiger partial charge in [0.1, 0.15) is 0 Å². The normalized spacial score (nSPS) is 35.1. The molecule has 0 amide bonds. The van der Waals surface area contributed by atoms with Crippen molar-refractivity contribution in [3.8, 4) is 6.07 Å². The Labute approximate surface area is 101 Å². The van der Waals surface area contributed by atoms with E-state index in [1.165, 1.54) is 0 Å². The van der Waals surface area contributed by atoms with E-state index in [0.717, 1.165) is 10.0 Å². The number of nitrogens with zero attached hydrogens (tertiary/aromatic N) is 1. The summed E-state index contributed by atoms with van der Waals surface area (Å²) in [6.07, 6.45) is 0. The summed E-state index contributed by atoms with van der Waals surface area (Å²) in [5.41, 5.74) is 0.153. The third-order valence-electron chi connectivity index (χ3n) is 3.51. The number of rotatable bonds is 1. The van der Waals surface area contributed by atoms with Crippen LogP contribution in [0.5, 0.6) is 0 Å². The largest absolute Gasteiger partial charge is 0.464 e. The van der Waals surface area contributed by atoms with Crippen molar-refractivity contribution in [1.29, 1.82) is 5.26 Å². The van der Waals surface area contributed by atoms with Crippen molar-refractivity contribution in [2.75, 3.05) is 6.61 Å². The summed E-state index contributed by atoms with van der Waals surface area (Å²) in [5.74, 6) is -0.286. The number of carbonyl (C=O) groups is 1. The van der Waals surface area contributed by atoms with Crippen molar-refractivity contribution in [1.82, 2.24) is 0 Å². The summed E-state index contributed by atoms with van der Waals surface area (Å²) in [6.45, 7) is 0.382. The number of benzene rings is 1. The molecule has 16 heavy (non-hydrogen) atoms. The SMILES string of the molecule is N#C[C@]12C(=O)OC[C@H]1[C@@H]2c1ccc(Br)cc1. The zero-order chi connectivity index (χ0) is 11.3. The van der Waals surface area contributed by atoms with Gasteiger partial charge in [0.05, 0.1) is 12.7 Å². The predicted molar refractivity (Wildman–Crippen MR) is 59.4 cm³/mol. The highest BCUT2D eigenvalue weighted by Gasteiger charge is 2.76. The average molecular weight is 278 g/mol. The summed E-state index contributed by atoms with van der Waals surface area (Å²) in [6, 6.07) is 9.92. The van der Waals surface area contributed by atoms with Crippen LogP contribution in [0.1, 0.15) is 11.5 Å². The topological polar surface area (TPSA) is 50.1 Å². The van der Waals surface area contributed by atoms with Gasteiger partial charge in [0.15, 0.2) is 5.41 Å². The molecule has 4 heteroatoms. The fourth-order valence-electron chi connectivity index (χ4n) is 2.61. The highest BCUT2D eigenvalue weighted by atomic mass is 79.9. The van der Waals surface area contributed by atoms with Crippen molar-refractivity contribution in [2.45, 2.75) is 5.92 Å². The molecule has 3 rings (SSSR count). The molecule has 0 unspecified atom stereocenters. The van der Waals surface area contributed by atoms with Crippen LogP contribution >= 0.6 is 15.9 Å². The van der Waals surface area contributed by atoms with Crippen molar-refractivity contribution < 1.29 is 9.53 Å². The summed E-state index contributed by atoms with van der Waals surface area (Å²) >= 11 is 3.36. The molecular weight excluding hydrogens is 270 g/mol. The smallest absolute Gasteiger partial charge is 0.327 e. The van der Waals surface area contributed by atoms with E-state index in [9.17, 15) is 4.79 Å². The van der Waals surface area contributed by atoms with Gasteiger partial charge in [-0.1, -0.05) is 28.1 Å². The molecule has 1 saturated carbocycles. The molecule has 1 aliphatic heterocycles. The number of nitriles is 1. The van der Waals surface area contributed by atoms with E-state index in [2.05, 4.69) is 22.0 Å². The second-order valence-corrected chi connectivity index (χ2v) is 5.13. The van der Waals surface area contributed by atoms with Crippen LogP contribution in [0.25, 0.3) is 0 Å². The Balaban J connectivity index is 1.98. The highest BCUT2D eigenvalue weighted by Crippen LogP contribution is 2.68. The first-order valence-electron chi connectivity index (χ1n) is 5.04. The van der Waals surface area contributed by atoms with Crippen LogP contribution in [-0.2, 0) is 9.53 Å². The molecule has 0 aromatic heterocycles. The molecule has 1 aromatic rings. The lowest BCUT2D eigenvalue weighted by Crippen LogP contribution is -2.14. The van der Waals surface area contributed by atoms with Gasteiger partial charge in [0.25, 0.3) is 0 Å². The molecule has 1 heterocycles. The van der Waals surface area contributed by atoms with Crippen molar-refractivity contribution in [3.63, 3.8) is 0 Å². The number of fused-ring (bicyclic) bond motifs is 1. The second-order valence-electron chi connectivity index (χ2n) is 4.21. The molecule has 1 saturated heterocycles. The van der Waals surface area contributed by atoms with Gasteiger partial charge in [-0.3, -0.25) is 4.79 Å². The molecule has 0 spiro atoms. The fourth-order valence-corrected chi connectivity index (χ4v) is 2.88. The van der Waals surface area contributed by atoms with Gasteiger partial charge in [-0.2, -0.15) is 5.26 Å². The number of ether oxygens (including phenoxy) is 1. The van der Waals surface area contributed by atoms with E-state index in [-0.39, 0.29) is 17.8 Å². The quantitative estimate of drug-likeness (QED) is 0.740. The third kappa shape index (κ3) is 1.04. The third-order valence-corrected chi connectivity index (χ3v) is 4.04. The van der Waals surface area contributed by atoms with Crippen LogP contribution in [0, 0.1) is 22.7 Å². The minimum Gasteiger partial charge on any atom is -0.464 e. The van der Waals surface area contributed by atoms with Crippen LogP contribution in [0.4, 0.5) is 0 Å². The molecule has 2 aliphatic rings. The summed E-state index contributed by atoms with van der Waals surface area (Å²) in [4.78, 5) is 11.6. The van der Waals surface area contributed by atoms with Crippen molar-refractivity contribution in [2.24, 2.45) is 11.3 Å². The van der Waals surface area contributed by atoms with Crippen molar-refractivity contribution >= 4 is 21.9 Å². The Morgan fingerprint density at radius 2 is 2.12 bits per heavy atom. The molecule has 0 N–H and O–H groups in total. The molecule has 1 aromatic carbocycles. The van der Waals surface area contributed by atoms with Crippen LogP contribution in [0.15, 0.2) is 28.7 Å².